The predicted molar refractivity (Wildman–Crippen MR) is 90.6 cm³/mol. The first kappa shape index (κ1) is 16.5. The molecule has 0 spiro atoms. The fourth-order valence-electron chi connectivity index (χ4n) is 1.93. The third-order valence-corrected chi connectivity index (χ3v) is 3.90. The van der Waals surface area contributed by atoms with Gasteiger partial charge in [0.15, 0.2) is 0 Å². The Balaban J connectivity index is 2.15. The monoisotopic (exact) mass is 346 g/mol. The molecule has 21 heavy (non-hydrogen) atoms. The molecular formula is C16H17Cl3O2. The number of rotatable bonds is 8. The van der Waals surface area contributed by atoms with E-state index in [1.54, 1.807) is 0 Å². The number of benzene rings is 2. The van der Waals surface area contributed by atoms with E-state index in [-0.39, 0.29) is 0 Å². The van der Waals surface area contributed by atoms with Crippen molar-refractivity contribution in [3.8, 4) is 11.5 Å². The number of alkyl halides is 2. The maximum Gasteiger partial charge on any atom is 0.138 e. The van der Waals surface area contributed by atoms with Crippen LogP contribution in [-0.2, 0) is 0 Å². The molecule has 114 valence electrons. The van der Waals surface area contributed by atoms with Crippen LogP contribution in [0.25, 0.3) is 10.8 Å². The molecule has 0 atom stereocenters. The van der Waals surface area contributed by atoms with E-state index in [2.05, 4.69) is 0 Å². The summed E-state index contributed by atoms with van der Waals surface area (Å²) in [4.78, 5) is 0. The lowest BCUT2D eigenvalue weighted by Crippen LogP contribution is -1.99. The standard InChI is InChI=1S/C16H17Cl3O2/c17-7-1-9-20-13-4-5-14-12(11-13)3-6-15(16(14)19)21-10-2-8-18/h3-6,11H,1-2,7-10H2. The van der Waals surface area contributed by atoms with E-state index >= 15 is 0 Å². The highest BCUT2D eigenvalue weighted by atomic mass is 35.5. The summed E-state index contributed by atoms with van der Waals surface area (Å²) >= 11 is 17.7. The average Bonchev–Trinajstić information content (AvgIpc) is 2.50. The molecule has 2 nitrogen and oxygen atoms in total. The Labute approximate surface area is 139 Å². The van der Waals surface area contributed by atoms with Crippen LogP contribution in [0.1, 0.15) is 12.8 Å². The lowest BCUT2D eigenvalue weighted by atomic mass is 10.1. The lowest BCUT2D eigenvalue weighted by Gasteiger charge is -2.11. The molecule has 0 N–H and O–H groups in total. The normalized spacial score (nSPS) is 10.8. The van der Waals surface area contributed by atoms with Crippen molar-refractivity contribution in [1.29, 1.82) is 0 Å². The largest absolute Gasteiger partial charge is 0.494 e. The van der Waals surface area contributed by atoms with Crippen molar-refractivity contribution in [3.05, 3.63) is 35.4 Å². The molecule has 0 unspecified atom stereocenters. The molecule has 0 radical (unpaired) electrons. The van der Waals surface area contributed by atoms with Crippen molar-refractivity contribution in [3.63, 3.8) is 0 Å². The third-order valence-electron chi connectivity index (χ3n) is 2.97. The van der Waals surface area contributed by atoms with Gasteiger partial charge < -0.3 is 9.47 Å². The van der Waals surface area contributed by atoms with Gasteiger partial charge in [0.25, 0.3) is 0 Å². The molecule has 2 rings (SSSR count). The summed E-state index contributed by atoms with van der Waals surface area (Å²) in [5, 5.41) is 2.59. The topological polar surface area (TPSA) is 18.5 Å². The summed E-state index contributed by atoms with van der Waals surface area (Å²) in [6.07, 6.45) is 1.62. The molecule has 0 aromatic heterocycles. The van der Waals surface area contributed by atoms with Crippen molar-refractivity contribution >= 4 is 45.6 Å². The van der Waals surface area contributed by atoms with E-state index in [1.807, 2.05) is 30.3 Å². The van der Waals surface area contributed by atoms with E-state index in [9.17, 15) is 0 Å². The summed E-state index contributed by atoms with van der Waals surface area (Å²) in [6, 6.07) is 9.68. The fraction of sp³-hybridized carbons (Fsp3) is 0.375. The molecule has 0 heterocycles. The zero-order valence-corrected chi connectivity index (χ0v) is 13.8. The van der Waals surface area contributed by atoms with Crippen molar-refractivity contribution in [1.82, 2.24) is 0 Å². The molecule has 2 aromatic carbocycles. The first-order valence-corrected chi connectivity index (χ1v) is 8.30. The van der Waals surface area contributed by atoms with Crippen LogP contribution in [0, 0.1) is 0 Å². The van der Waals surface area contributed by atoms with Gasteiger partial charge in [-0.05, 0) is 42.5 Å². The van der Waals surface area contributed by atoms with E-state index in [4.69, 9.17) is 44.3 Å². The zero-order chi connectivity index (χ0) is 15.1. The van der Waals surface area contributed by atoms with E-state index in [1.165, 1.54) is 0 Å². The maximum absolute atomic E-state index is 6.38. The molecule has 5 heteroatoms. The van der Waals surface area contributed by atoms with E-state index < -0.39 is 0 Å². The van der Waals surface area contributed by atoms with Crippen molar-refractivity contribution in [2.45, 2.75) is 12.8 Å². The summed E-state index contributed by atoms with van der Waals surface area (Å²) in [5.74, 6) is 2.68. The van der Waals surface area contributed by atoms with Gasteiger partial charge in [0.05, 0.1) is 18.2 Å². The SMILES string of the molecule is ClCCCOc1ccc2c(Cl)c(OCCCCl)ccc2c1. The minimum atomic E-state index is 0.564. The molecule has 0 aliphatic heterocycles. The average molecular weight is 348 g/mol. The molecule has 0 aliphatic rings. The van der Waals surface area contributed by atoms with Crippen LogP contribution in [0.4, 0.5) is 0 Å². The minimum Gasteiger partial charge on any atom is -0.494 e. The third kappa shape index (κ3) is 4.57. The fourth-order valence-corrected chi connectivity index (χ4v) is 2.44. The highest BCUT2D eigenvalue weighted by Gasteiger charge is 2.07. The minimum absolute atomic E-state index is 0.564. The van der Waals surface area contributed by atoms with Gasteiger partial charge in [-0.25, -0.2) is 0 Å². The second kappa shape index (κ2) is 8.57. The van der Waals surface area contributed by atoms with Crippen LogP contribution in [0.3, 0.4) is 0 Å². The molecule has 0 bridgehead atoms. The van der Waals surface area contributed by atoms with Crippen LogP contribution < -0.4 is 9.47 Å². The van der Waals surface area contributed by atoms with E-state index in [0.717, 1.165) is 29.4 Å². The van der Waals surface area contributed by atoms with Crippen molar-refractivity contribution in [2.24, 2.45) is 0 Å². The number of hydrogen-bond acceptors (Lipinski definition) is 2. The zero-order valence-electron chi connectivity index (χ0n) is 11.6. The molecular weight excluding hydrogens is 331 g/mol. The van der Waals surface area contributed by atoms with Crippen molar-refractivity contribution in [2.75, 3.05) is 25.0 Å². The predicted octanol–water partition coefficient (Wildman–Crippen LogP) is 5.51. The first-order chi connectivity index (χ1) is 10.3. The van der Waals surface area contributed by atoms with Crippen molar-refractivity contribution < 1.29 is 9.47 Å². The number of fused-ring (bicyclic) bond motifs is 1. The van der Waals surface area contributed by atoms with Crippen LogP contribution in [0.2, 0.25) is 5.02 Å². The molecule has 0 saturated carbocycles. The van der Waals surface area contributed by atoms with Crippen LogP contribution >= 0.6 is 34.8 Å². The lowest BCUT2D eigenvalue weighted by molar-refractivity contribution is 0.318. The summed E-state index contributed by atoms with van der Waals surface area (Å²) in [7, 11) is 0. The summed E-state index contributed by atoms with van der Waals surface area (Å²) in [5.41, 5.74) is 0. The number of halogens is 3. The Morgan fingerprint density at radius 1 is 0.857 bits per heavy atom. The smallest absolute Gasteiger partial charge is 0.138 e. The molecule has 0 saturated heterocycles. The Kier molecular flexibility index (Phi) is 6.75. The highest BCUT2D eigenvalue weighted by Crippen LogP contribution is 2.34. The van der Waals surface area contributed by atoms with Gasteiger partial charge >= 0.3 is 0 Å². The van der Waals surface area contributed by atoms with Crippen LogP contribution in [-0.4, -0.2) is 25.0 Å². The molecule has 0 amide bonds. The molecule has 2 aromatic rings. The second-order valence-electron chi connectivity index (χ2n) is 4.54. The quantitative estimate of drug-likeness (QED) is 0.463. The van der Waals surface area contributed by atoms with Gasteiger partial charge in [-0.3, -0.25) is 0 Å². The Bertz CT molecular complexity index is 587. The Morgan fingerprint density at radius 2 is 1.57 bits per heavy atom. The first-order valence-electron chi connectivity index (χ1n) is 6.86. The Morgan fingerprint density at radius 3 is 2.29 bits per heavy atom. The van der Waals surface area contributed by atoms with Gasteiger partial charge in [0.2, 0.25) is 0 Å². The van der Waals surface area contributed by atoms with E-state index in [0.29, 0.717) is 35.7 Å². The maximum atomic E-state index is 6.38. The molecule has 0 aliphatic carbocycles. The van der Waals surface area contributed by atoms with Gasteiger partial charge in [-0.2, -0.15) is 0 Å². The van der Waals surface area contributed by atoms with Crippen LogP contribution in [0.15, 0.2) is 30.3 Å². The Hall–Kier alpha value is -0.830. The second-order valence-corrected chi connectivity index (χ2v) is 5.68. The van der Waals surface area contributed by atoms with Gasteiger partial charge in [0.1, 0.15) is 11.5 Å². The summed E-state index contributed by atoms with van der Waals surface area (Å²) in [6.45, 7) is 1.18. The number of hydrogen-bond donors (Lipinski definition) is 0. The summed E-state index contributed by atoms with van der Waals surface area (Å²) < 4.78 is 11.3. The van der Waals surface area contributed by atoms with Gasteiger partial charge in [-0.15, -0.1) is 23.2 Å². The van der Waals surface area contributed by atoms with Crippen LogP contribution in [0.5, 0.6) is 11.5 Å². The van der Waals surface area contributed by atoms with Gasteiger partial charge in [-0.1, -0.05) is 17.7 Å². The number of ether oxygens (including phenoxy) is 2. The van der Waals surface area contributed by atoms with Gasteiger partial charge in [0, 0.05) is 17.1 Å². The molecule has 0 fully saturated rings. The highest BCUT2D eigenvalue weighted by molar-refractivity contribution is 6.37.